The summed E-state index contributed by atoms with van der Waals surface area (Å²) in [7, 11) is 0. The maximum Gasteiger partial charge on any atom is 0.0509 e. The van der Waals surface area contributed by atoms with Crippen molar-refractivity contribution < 1.29 is 0 Å². The molecule has 0 amide bonds. The van der Waals surface area contributed by atoms with Gasteiger partial charge < -0.3 is 4.90 Å². The van der Waals surface area contributed by atoms with Crippen molar-refractivity contribution in [3.8, 4) is 33.4 Å². The Kier molecular flexibility index (Phi) is 6.91. The van der Waals surface area contributed by atoms with Crippen LogP contribution in [0.5, 0.6) is 0 Å². The predicted octanol–water partition coefficient (Wildman–Crippen LogP) is 14.9. The highest BCUT2D eigenvalue weighted by Gasteiger charge is 2.62. The molecule has 0 aliphatic heterocycles. The van der Waals surface area contributed by atoms with E-state index in [2.05, 4.69) is 157 Å². The van der Waals surface area contributed by atoms with Gasteiger partial charge in [0.25, 0.3) is 0 Å². The number of nitrogens with zero attached hydrogens (tertiary/aromatic N) is 1. The fourth-order valence-electron chi connectivity index (χ4n) is 14.4. The molecule has 7 aliphatic carbocycles. The molecule has 4 bridgehead atoms. The first kappa shape index (κ1) is 32.7. The highest BCUT2D eigenvalue weighted by molar-refractivity contribution is 5.98. The lowest BCUT2D eigenvalue weighted by molar-refractivity contribution is -0.0397. The molecule has 0 unspecified atom stereocenters. The molecule has 1 nitrogen and oxygen atoms in total. The van der Waals surface area contributed by atoms with Crippen molar-refractivity contribution in [3.63, 3.8) is 0 Å². The summed E-state index contributed by atoms with van der Waals surface area (Å²) in [5.41, 5.74) is 18.9. The standard InChI is InChI=1S/C56H49N/c1-8-28-55(29-9-1)50-19-6-4-16-47(50)49-35-43(26-27-51(49)55)57(42-24-22-39(23-25-42)45-17-10-13-38-12-2-3-14-44(38)45)53-21-11-18-48-46-15-5-7-20-52(46)56(54(48)53)40-31-36-30-37(33-40)34-41(56)32-36/h2-7,10-27,35-37,40-41H,1,8-9,28-34H2. The Morgan fingerprint density at radius 1 is 0.439 bits per heavy atom. The van der Waals surface area contributed by atoms with Crippen molar-refractivity contribution in [2.24, 2.45) is 23.7 Å². The second-order valence-electron chi connectivity index (χ2n) is 18.7. The van der Waals surface area contributed by atoms with Crippen LogP contribution in [0.25, 0.3) is 44.2 Å². The van der Waals surface area contributed by atoms with Crippen LogP contribution in [-0.2, 0) is 10.8 Å². The van der Waals surface area contributed by atoms with Gasteiger partial charge in [-0.3, -0.25) is 0 Å². The largest absolute Gasteiger partial charge is 0.310 e. The van der Waals surface area contributed by atoms with Gasteiger partial charge in [-0.2, -0.15) is 0 Å². The van der Waals surface area contributed by atoms with E-state index in [0.29, 0.717) is 11.8 Å². The van der Waals surface area contributed by atoms with E-state index in [1.54, 1.807) is 22.3 Å². The average molecular weight is 736 g/mol. The van der Waals surface area contributed by atoms with Crippen LogP contribution in [0.3, 0.4) is 0 Å². The molecule has 0 saturated heterocycles. The third-order valence-corrected chi connectivity index (χ3v) is 16.2. The van der Waals surface area contributed by atoms with Crippen molar-refractivity contribution in [1.82, 2.24) is 0 Å². The molecule has 14 rings (SSSR count). The summed E-state index contributed by atoms with van der Waals surface area (Å²) in [5, 5.41) is 2.59. The van der Waals surface area contributed by atoms with Crippen LogP contribution in [0.1, 0.15) is 86.5 Å². The van der Waals surface area contributed by atoms with Gasteiger partial charge in [-0.25, -0.2) is 0 Å². The van der Waals surface area contributed by atoms with Gasteiger partial charge in [-0.05, 0) is 165 Å². The average Bonchev–Trinajstić information content (AvgIpc) is 3.71. The minimum absolute atomic E-state index is 0.0621. The van der Waals surface area contributed by atoms with E-state index < -0.39 is 0 Å². The first-order valence-electron chi connectivity index (χ1n) is 22.1. The summed E-state index contributed by atoms with van der Waals surface area (Å²) in [5.74, 6) is 3.21. The van der Waals surface area contributed by atoms with E-state index in [1.165, 1.54) is 125 Å². The minimum Gasteiger partial charge on any atom is -0.310 e. The van der Waals surface area contributed by atoms with Crippen LogP contribution in [0.15, 0.2) is 152 Å². The predicted molar refractivity (Wildman–Crippen MR) is 237 cm³/mol. The number of benzene rings is 7. The van der Waals surface area contributed by atoms with Gasteiger partial charge in [0.05, 0.1) is 5.69 Å². The zero-order valence-corrected chi connectivity index (χ0v) is 32.8. The van der Waals surface area contributed by atoms with Gasteiger partial charge in [0, 0.05) is 22.2 Å². The van der Waals surface area contributed by atoms with E-state index >= 15 is 0 Å². The molecule has 1 heteroatoms. The maximum atomic E-state index is 2.68. The molecule has 7 aliphatic rings. The molecule has 5 saturated carbocycles. The highest BCUT2D eigenvalue weighted by Crippen LogP contribution is 2.71. The monoisotopic (exact) mass is 735 g/mol. The second kappa shape index (κ2) is 12.1. The van der Waals surface area contributed by atoms with Gasteiger partial charge in [0.1, 0.15) is 0 Å². The van der Waals surface area contributed by atoms with E-state index in [1.807, 2.05) is 0 Å². The summed E-state index contributed by atoms with van der Waals surface area (Å²) in [6, 6.07) is 59.0. The lowest BCUT2D eigenvalue weighted by Crippen LogP contribution is -2.55. The lowest BCUT2D eigenvalue weighted by Gasteiger charge is -2.61. The van der Waals surface area contributed by atoms with Crippen LogP contribution in [0.2, 0.25) is 0 Å². The number of hydrogen-bond acceptors (Lipinski definition) is 1. The first-order valence-corrected chi connectivity index (χ1v) is 22.1. The lowest BCUT2D eigenvalue weighted by atomic mass is 9.43. The number of anilines is 3. The molecule has 0 heterocycles. The van der Waals surface area contributed by atoms with Gasteiger partial charge in [-0.15, -0.1) is 0 Å². The molecule has 57 heavy (non-hydrogen) atoms. The molecule has 0 radical (unpaired) electrons. The molecular formula is C56H49N. The van der Waals surface area contributed by atoms with E-state index in [4.69, 9.17) is 0 Å². The second-order valence-corrected chi connectivity index (χ2v) is 18.7. The van der Waals surface area contributed by atoms with Gasteiger partial charge in [0.15, 0.2) is 0 Å². The SMILES string of the molecule is c1ccc2c(c1)-c1cc(N(c3ccc(-c4cccc5ccccc45)cc3)c3cccc4c3C3(c5ccccc5-4)C4CC5CC(C4)CC3C5)ccc1C21CCCCC1. The highest BCUT2D eigenvalue weighted by atomic mass is 15.1. The van der Waals surface area contributed by atoms with Gasteiger partial charge in [-0.1, -0.05) is 141 Å². The van der Waals surface area contributed by atoms with E-state index in [9.17, 15) is 0 Å². The fraction of sp³-hybridized carbons (Fsp3) is 0.286. The minimum atomic E-state index is 0.0621. The Morgan fingerprint density at radius 3 is 1.82 bits per heavy atom. The van der Waals surface area contributed by atoms with Crippen LogP contribution >= 0.6 is 0 Å². The third-order valence-electron chi connectivity index (χ3n) is 16.2. The molecular weight excluding hydrogens is 687 g/mol. The summed E-state index contributed by atoms with van der Waals surface area (Å²) >= 11 is 0. The Bertz CT molecular complexity index is 2710. The Hall–Kier alpha value is -5.40. The normalized spacial score (nSPS) is 25.4. The van der Waals surface area contributed by atoms with Crippen molar-refractivity contribution in [2.75, 3.05) is 4.90 Å². The molecule has 5 fully saturated rings. The zero-order chi connectivity index (χ0) is 37.3. The van der Waals surface area contributed by atoms with Crippen LogP contribution < -0.4 is 4.90 Å². The number of rotatable bonds is 4. The van der Waals surface area contributed by atoms with E-state index in [0.717, 1.165) is 11.8 Å². The third kappa shape index (κ3) is 4.41. The quantitative estimate of drug-likeness (QED) is 0.174. The summed E-state index contributed by atoms with van der Waals surface area (Å²) in [6.45, 7) is 0. The van der Waals surface area contributed by atoms with Gasteiger partial charge in [0.2, 0.25) is 0 Å². The number of fused-ring (bicyclic) bond motifs is 9. The van der Waals surface area contributed by atoms with Gasteiger partial charge >= 0.3 is 0 Å². The van der Waals surface area contributed by atoms with Crippen molar-refractivity contribution in [1.29, 1.82) is 0 Å². The zero-order valence-electron chi connectivity index (χ0n) is 32.8. The summed E-state index contributed by atoms with van der Waals surface area (Å²) in [6.07, 6.45) is 13.5. The van der Waals surface area contributed by atoms with Crippen LogP contribution in [0, 0.1) is 23.7 Å². The topological polar surface area (TPSA) is 3.24 Å². The molecule has 0 N–H and O–H groups in total. The van der Waals surface area contributed by atoms with Crippen LogP contribution in [0.4, 0.5) is 17.1 Å². The summed E-state index contributed by atoms with van der Waals surface area (Å²) < 4.78 is 0. The molecule has 278 valence electrons. The Morgan fingerprint density at radius 2 is 1.04 bits per heavy atom. The molecule has 7 aromatic rings. The Balaban J connectivity index is 1.04. The smallest absolute Gasteiger partial charge is 0.0509 e. The van der Waals surface area contributed by atoms with Crippen molar-refractivity contribution >= 4 is 27.8 Å². The Labute approximate surface area is 337 Å². The van der Waals surface area contributed by atoms with E-state index in [-0.39, 0.29) is 10.8 Å². The summed E-state index contributed by atoms with van der Waals surface area (Å²) in [4.78, 5) is 2.68. The molecule has 0 aromatic heterocycles. The molecule has 7 aromatic carbocycles. The van der Waals surface area contributed by atoms with Crippen LogP contribution in [-0.4, -0.2) is 0 Å². The van der Waals surface area contributed by atoms with Crippen molar-refractivity contribution in [3.05, 3.63) is 174 Å². The fourth-order valence-corrected chi connectivity index (χ4v) is 14.4. The molecule has 2 spiro atoms. The number of hydrogen-bond donors (Lipinski definition) is 0. The first-order chi connectivity index (χ1) is 28.2. The molecule has 0 atom stereocenters. The van der Waals surface area contributed by atoms with Crippen molar-refractivity contribution in [2.45, 2.75) is 75.0 Å². The maximum absolute atomic E-state index is 2.68.